The molecule has 1 aromatic heterocycles. The van der Waals surface area contributed by atoms with Crippen LogP contribution in [0.3, 0.4) is 0 Å². The Morgan fingerprint density at radius 1 is 1.22 bits per heavy atom. The van der Waals surface area contributed by atoms with E-state index in [1.54, 1.807) is 30.3 Å². The monoisotopic (exact) mass is 438 g/mol. The molecule has 0 spiro atoms. The van der Waals surface area contributed by atoms with Crippen LogP contribution in [0.1, 0.15) is 27.2 Å². The van der Waals surface area contributed by atoms with Crippen molar-refractivity contribution < 1.29 is 19.4 Å². The van der Waals surface area contributed by atoms with E-state index in [1.807, 2.05) is 25.7 Å². The molecule has 3 aromatic rings. The molecule has 1 aliphatic rings. The van der Waals surface area contributed by atoms with Gasteiger partial charge in [-0.2, -0.15) is 0 Å². The van der Waals surface area contributed by atoms with Crippen LogP contribution in [0.4, 0.5) is 15.0 Å². The first-order valence-corrected chi connectivity index (χ1v) is 10.6. The van der Waals surface area contributed by atoms with Crippen LogP contribution in [0.25, 0.3) is 22.3 Å². The molecule has 1 fully saturated rings. The van der Waals surface area contributed by atoms with Gasteiger partial charge in [0.15, 0.2) is 5.82 Å². The maximum absolute atomic E-state index is 14.1. The zero-order valence-electron chi connectivity index (χ0n) is 18.4. The Bertz CT molecular complexity index is 1160. The summed E-state index contributed by atoms with van der Waals surface area (Å²) in [5.74, 6) is 0.538. The van der Waals surface area contributed by atoms with E-state index in [9.17, 15) is 19.4 Å². The Balaban J connectivity index is 1.74. The van der Waals surface area contributed by atoms with Gasteiger partial charge in [0.1, 0.15) is 17.4 Å². The fourth-order valence-corrected chi connectivity index (χ4v) is 4.16. The molecule has 1 atom stereocenters. The number of carbonyl (C=O) groups is 1. The number of para-hydroxylation sites is 1. The van der Waals surface area contributed by atoms with Crippen LogP contribution in [-0.4, -0.2) is 56.9 Å². The second-order valence-corrected chi connectivity index (χ2v) is 9.41. The van der Waals surface area contributed by atoms with Crippen LogP contribution in [0.5, 0.6) is 5.75 Å². The Hall–Kier alpha value is -3.42. The molecular weight excluding hydrogens is 411 g/mol. The molecule has 7 nitrogen and oxygen atoms in total. The quantitative estimate of drug-likeness (QED) is 0.611. The van der Waals surface area contributed by atoms with Crippen molar-refractivity contribution in [3.63, 3.8) is 0 Å². The molecule has 0 radical (unpaired) electrons. The minimum atomic E-state index is -0.944. The molecule has 0 aliphatic carbocycles. The van der Waals surface area contributed by atoms with E-state index in [-0.39, 0.29) is 17.2 Å². The molecule has 1 unspecified atom stereocenters. The first kappa shape index (κ1) is 21.8. The summed E-state index contributed by atoms with van der Waals surface area (Å²) >= 11 is 0. The van der Waals surface area contributed by atoms with E-state index < -0.39 is 11.9 Å². The van der Waals surface area contributed by atoms with Crippen LogP contribution < -0.4 is 4.90 Å². The summed E-state index contributed by atoms with van der Waals surface area (Å²) in [6.45, 7) is 7.48. The average molecular weight is 439 g/mol. The number of aromatic nitrogens is 2. The number of nitrogens with zero attached hydrogens (tertiary/aromatic N) is 4. The van der Waals surface area contributed by atoms with Crippen LogP contribution >= 0.6 is 0 Å². The number of halogens is 1. The van der Waals surface area contributed by atoms with Gasteiger partial charge in [-0.25, -0.2) is 19.2 Å². The number of fused-ring (bicyclic) bond motifs is 1. The van der Waals surface area contributed by atoms with Crippen molar-refractivity contribution in [1.82, 2.24) is 14.9 Å². The lowest BCUT2D eigenvalue weighted by Gasteiger charge is -2.32. The van der Waals surface area contributed by atoms with Gasteiger partial charge in [0, 0.05) is 25.0 Å². The topological polar surface area (TPSA) is 89.8 Å². The fraction of sp³-hybridized carbons (Fsp3) is 0.375. The second kappa shape index (κ2) is 8.26. The van der Waals surface area contributed by atoms with Gasteiger partial charge < -0.3 is 20.0 Å². The highest BCUT2D eigenvalue weighted by molar-refractivity contribution is 5.91. The third-order valence-corrected chi connectivity index (χ3v) is 5.58. The predicted octanol–water partition coefficient (Wildman–Crippen LogP) is 4.75. The number of benzene rings is 2. The number of hydrogen-bond acceptors (Lipinski definition) is 5. The average Bonchev–Trinajstić information content (AvgIpc) is 3.20. The van der Waals surface area contributed by atoms with Gasteiger partial charge in [-0.15, -0.1) is 0 Å². The summed E-state index contributed by atoms with van der Waals surface area (Å²) in [4.78, 5) is 24.7. The van der Waals surface area contributed by atoms with Crippen molar-refractivity contribution >= 4 is 22.8 Å². The highest BCUT2D eigenvalue weighted by atomic mass is 19.1. The van der Waals surface area contributed by atoms with Crippen LogP contribution in [-0.2, 0) is 0 Å². The Morgan fingerprint density at radius 3 is 2.66 bits per heavy atom. The van der Waals surface area contributed by atoms with E-state index in [0.29, 0.717) is 54.2 Å². The second-order valence-electron chi connectivity index (χ2n) is 9.41. The minimum absolute atomic E-state index is 0.0569. The molecule has 1 saturated heterocycles. The van der Waals surface area contributed by atoms with Crippen molar-refractivity contribution in [1.29, 1.82) is 0 Å². The number of aromatic hydroxyl groups is 1. The van der Waals surface area contributed by atoms with E-state index in [2.05, 4.69) is 4.98 Å². The lowest BCUT2D eigenvalue weighted by Crippen LogP contribution is -2.45. The molecule has 4 rings (SSSR count). The van der Waals surface area contributed by atoms with Crippen molar-refractivity contribution in [2.24, 2.45) is 5.41 Å². The third kappa shape index (κ3) is 4.44. The summed E-state index contributed by atoms with van der Waals surface area (Å²) in [6, 6.07) is 10.9. The number of phenols is 1. The molecule has 8 heteroatoms. The molecule has 0 saturated carbocycles. The Morgan fingerprint density at radius 2 is 1.97 bits per heavy atom. The zero-order chi connectivity index (χ0) is 23.0. The van der Waals surface area contributed by atoms with Crippen molar-refractivity contribution in [3.8, 4) is 17.1 Å². The summed E-state index contributed by atoms with van der Waals surface area (Å²) in [5.41, 5.74) is 0.868. The number of hydrogen-bond donors (Lipinski definition) is 2. The summed E-state index contributed by atoms with van der Waals surface area (Å²) in [5, 5.41) is 20.6. The van der Waals surface area contributed by atoms with E-state index >= 15 is 0 Å². The molecule has 168 valence electrons. The van der Waals surface area contributed by atoms with Gasteiger partial charge in [-0.1, -0.05) is 32.9 Å². The number of rotatable bonds is 4. The molecule has 2 N–H and O–H groups in total. The molecule has 1 aliphatic heterocycles. The van der Waals surface area contributed by atoms with Crippen molar-refractivity contribution in [2.45, 2.75) is 33.2 Å². The third-order valence-electron chi connectivity index (χ3n) is 5.58. The van der Waals surface area contributed by atoms with E-state index in [0.717, 1.165) is 0 Å². The van der Waals surface area contributed by atoms with E-state index in [4.69, 9.17) is 4.98 Å². The molecule has 2 aromatic carbocycles. The largest absolute Gasteiger partial charge is 0.507 e. The number of anilines is 1. The van der Waals surface area contributed by atoms with Crippen molar-refractivity contribution in [2.75, 3.05) is 24.5 Å². The normalized spacial score (nSPS) is 16.5. The summed E-state index contributed by atoms with van der Waals surface area (Å²) < 4.78 is 14.1. The van der Waals surface area contributed by atoms with Crippen LogP contribution in [0.15, 0.2) is 42.5 Å². The van der Waals surface area contributed by atoms with Crippen LogP contribution in [0, 0.1) is 11.2 Å². The van der Waals surface area contributed by atoms with Gasteiger partial charge >= 0.3 is 6.09 Å². The minimum Gasteiger partial charge on any atom is -0.507 e. The van der Waals surface area contributed by atoms with Crippen molar-refractivity contribution in [3.05, 3.63) is 48.3 Å². The molecule has 2 heterocycles. The maximum atomic E-state index is 14.1. The lowest BCUT2D eigenvalue weighted by atomic mass is 9.95. The predicted molar refractivity (Wildman–Crippen MR) is 121 cm³/mol. The van der Waals surface area contributed by atoms with Gasteiger partial charge in [0.25, 0.3) is 0 Å². The molecule has 32 heavy (non-hydrogen) atoms. The molecule has 1 amide bonds. The lowest BCUT2D eigenvalue weighted by molar-refractivity contribution is 0.107. The Labute approximate surface area is 186 Å². The number of phenolic OH excluding ortho intramolecular Hbond substituents is 1. The smallest absolute Gasteiger partial charge is 0.407 e. The molecule has 0 bridgehead atoms. The number of amides is 1. The highest BCUT2D eigenvalue weighted by Gasteiger charge is 2.34. The van der Waals surface area contributed by atoms with Gasteiger partial charge in [-0.05, 0) is 42.2 Å². The standard InChI is InChI=1S/C24H27FN4O3/c1-24(2,3)14-29(23(31)32)16-10-11-28(13-16)22-18-12-15(25)8-9-19(18)26-21(27-22)17-6-4-5-7-20(17)30/h4-9,12,16,30H,10-11,13-14H2,1-3H3,(H,31,32). The first-order chi connectivity index (χ1) is 15.1. The Kier molecular flexibility index (Phi) is 5.62. The highest BCUT2D eigenvalue weighted by Crippen LogP contribution is 2.34. The zero-order valence-corrected chi connectivity index (χ0v) is 18.4. The van der Waals surface area contributed by atoms with Gasteiger partial charge in [-0.3, -0.25) is 0 Å². The van der Waals surface area contributed by atoms with Gasteiger partial charge in [0.05, 0.1) is 17.1 Å². The maximum Gasteiger partial charge on any atom is 0.407 e. The summed E-state index contributed by atoms with van der Waals surface area (Å²) in [6.07, 6.45) is -0.296. The first-order valence-electron chi connectivity index (χ1n) is 10.6. The summed E-state index contributed by atoms with van der Waals surface area (Å²) in [7, 11) is 0. The molecular formula is C24H27FN4O3. The van der Waals surface area contributed by atoms with E-state index in [1.165, 1.54) is 17.0 Å². The SMILES string of the molecule is CC(C)(C)CN(C(=O)O)C1CCN(c2nc(-c3ccccc3O)nc3ccc(F)cc23)C1. The fourth-order valence-electron chi connectivity index (χ4n) is 4.16. The number of carboxylic acid groups (broad SMARTS) is 1. The van der Waals surface area contributed by atoms with Gasteiger partial charge in [0.2, 0.25) is 0 Å². The van der Waals surface area contributed by atoms with Crippen LogP contribution in [0.2, 0.25) is 0 Å².